The predicted octanol–water partition coefficient (Wildman–Crippen LogP) is 0.780. The van der Waals surface area contributed by atoms with Gasteiger partial charge in [0.1, 0.15) is 0 Å². The summed E-state index contributed by atoms with van der Waals surface area (Å²) in [4.78, 5) is 2.24. The standard InChI is InChI=1S/C10H15N3O/c11-9-1-3-10(4-2-9)12-5-7-13(14)8-6-12/h1-4,14H,5-8,11H2. The molecule has 2 rings (SSSR count). The third kappa shape index (κ3) is 1.97. The summed E-state index contributed by atoms with van der Waals surface area (Å²) >= 11 is 0. The van der Waals surface area contributed by atoms with E-state index >= 15 is 0 Å². The average molecular weight is 193 g/mol. The maximum atomic E-state index is 9.20. The third-order valence-electron chi connectivity index (χ3n) is 2.51. The van der Waals surface area contributed by atoms with Crippen LogP contribution >= 0.6 is 0 Å². The van der Waals surface area contributed by atoms with E-state index in [0.29, 0.717) is 13.1 Å². The molecule has 0 aliphatic carbocycles. The monoisotopic (exact) mass is 193 g/mol. The number of hydroxylamine groups is 2. The van der Waals surface area contributed by atoms with E-state index < -0.39 is 0 Å². The number of rotatable bonds is 1. The first kappa shape index (κ1) is 9.30. The van der Waals surface area contributed by atoms with Crippen molar-refractivity contribution in [3.05, 3.63) is 24.3 Å². The fourth-order valence-electron chi connectivity index (χ4n) is 1.64. The molecule has 0 amide bonds. The number of nitrogens with zero attached hydrogens (tertiary/aromatic N) is 2. The zero-order chi connectivity index (χ0) is 9.97. The van der Waals surface area contributed by atoms with Gasteiger partial charge in [0.25, 0.3) is 0 Å². The molecule has 1 heterocycles. The van der Waals surface area contributed by atoms with E-state index in [1.807, 2.05) is 24.3 Å². The largest absolute Gasteiger partial charge is 0.399 e. The quantitative estimate of drug-likeness (QED) is 0.647. The van der Waals surface area contributed by atoms with Gasteiger partial charge < -0.3 is 15.8 Å². The normalized spacial score (nSPS) is 18.5. The van der Waals surface area contributed by atoms with Gasteiger partial charge in [-0.15, -0.1) is 0 Å². The third-order valence-corrected chi connectivity index (χ3v) is 2.51. The Morgan fingerprint density at radius 2 is 1.57 bits per heavy atom. The van der Waals surface area contributed by atoms with E-state index in [1.54, 1.807) is 0 Å². The fourth-order valence-corrected chi connectivity index (χ4v) is 1.64. The van der Waals surface area contributed by atoms with Crippen LogP contribution in [0.25, 0.3) is 0 Å². The molecule has 1 saturated heterocycles. The lowest BCUT2D eigenvalue weighted by Crippen LogP contribution is -2.44. The minimum absolute atomic E-state index is 0.699. The van der Waals surface area contributed by atoms with E-state index in [2.05, 4.69) is 4.90 Å². The molecule has 1 aliphatic rings. The van der Waals surface area contributed by atoms with Crippen LogP contribution in [0.1, 0.15) is 0 Å². The molecule has 0 aromatic heterocycles. The van der Waals surface area contributed by atoms with Crippen LogP contribution in [-0.4, -0.2) is 36.4 Å². The van der Waals surface area contributed by atoms with Crippen molar-refractivity contribution in [3.8, 4) is 0 Å². The minimum atomic E-state index is 0.699. The molecule has 0 saturated carbocycles. The van der Waals surface area contributed by atoms with Crippen LogP contribution < -0.4 is 10.6 Å². The lowest BCUT2D eigenvalue weighted by Gasteiger charge is -2.32. The molecule has 1 aliphatic heterocycles. The first-order valence-corrected chi connectivity index (χ1v) is 4.80. The highest BCUT2D eigenvalue weighted by Crippen LogP contribution is 2.17. The van der Waals surface area contributed by atoms with Gasteiger partial charge >= 0.3 is 0 Å². The Labute approximate surface area is 83.5 Å². The summed E-state index contributed by atoms with van der Waals surface area (Å²) in [6.45, 7) is 3.12. The summed E-state index contributed by atoms with van der Waals surface area (Å²) in [7, 11) is 0. The smallest absolute Gasteiger partial charge is 0.0414 e. The van der Waals surface area contributed by atoms with Crippen LogP contribution in [0.2, 0.25) is 0 Å². The highest BCUT2D eigenvalue weighted by atomic mass is 16.5. The second-order valence-electron chi connectivity index (χ2n) is 3.53. The lowest BCUT2D eigenvalue weighted by molar-refractivity contribution is -0.0935. The molecular weight excluding hydrogens is 178 g/mol. The Bertz CT molecular complexity index is 291. The molecular formula is C10H15N3O. The number of hydrogen-bond acceptors (Lipinski definition) is 4. The van der Waals surface area contributed by atoms with Crippen LogP contribution in [0, 0.1) is 0 Å². The Morgan fingerprint density at radius 3 is 2.14 bits per heavy atom. The number of anilines is 2. The van der Waals surface area contributed by atoms with Crippen LogP contribution in [0.5, 0.6) is 0 Å². The van der Waals surface area contributed by atoms with E-state index in [-0.39, 0.29) is 0 Å². The molecule has 14 heavy (non-hydrogen) atoms. The molecule has 0 radical (unpaired) electrons. The van der Waals surface area contributed by atoms with Gasteiger partial charge in [0.05, 0.1) is 0 Å². The first-order valence-electron chi connectivity index (χ1n) is 4.80. The number of nitrogens with two attached hydrogens (primary N) is 1. The molecule has 1 fully saturated rings. The average Bonchev–Trinajstić information content (AvgIpc) is 2.21. The van der Waals surface area contributed by atoms with E-state index in [9.17, 15) is 5.21 Å². The van der Waals surface area contributed by atoms with Crippen molar-refractivity contribution in [1.29, 1.82) is 0 Å². The van der Waals surface area contributed by atoms with Crippen molar-refractivity contribution in [1.82, 2.24) is 5.06 Å². The SMILES string of the molecule is Nc1ccc(N2CCN(O)CC2)cc1. The summed E-state index contributed by atoms with van der Waals surface area (Å²) in [5.74, 6) is 0. The maximum absolute atomic E-state index is 9.20. The Morgan fingerprint density at radius 1 is 1.00 bits per heavy atom. The van der Waals surface area contributed by atoms with Gasteiger partial charge in [0, 0.05) is 37.6 Å². The fraction of sp³-hybridized carbons (Fsp3) is 0.400. The molecule has 0 unspecified atom stereocenters. The number of piperazine rings is 1. The maximum Gasteiger partial charge on any atom is 0.0414 e. The van der Waals surface area contributed by atoms with Gasteiger partial charge in [-0.3, -0.25) is 0 Å². The summed E-state index contributed by atoms with van der Waals surface area (Å²) < 4.78 is 0. The van der Waals surface area contributed by atoms with Crippen molar-refractivity contribution in [2.45, 2.75) is 0 Å². The summed E-state index contributed by atoms with van der Waals surface area (Å²) in [6.07, 6.45) is 0. The molecule has 76 valence electrons. The van der Waals surface area contributed by atoms with Crippen molar-refractivity contribution in [2.75, 3.05) is 36.8 Å². The van der Waals surface area contributed by atoms with Crippen molar-refractivity contribution in [2.24, 2.45) is 0 Å². The molecule has 0 bridgehead atoms. The number of nitrogen functional groups attached to an aromatic ring is 1. The van der Waals surface area contributed by atoms with Gasteiger partial charge in [-0.2, -0.15) is 5.06 Å². The van der Waals surface area contributed by atoms with Crippen molar-refractivity contribution in [3.63, 3.8) is 0 Å². The van der Waals surface area contributed by atoms with Gasteiger partial charge in [0.2, 0.25) is 0 Å². The molecule has 3 N–H and O–H groups in total. The van der Waals surface area contributed by atoms with E-state index in [0.717, 1.165) is 18.8 Å². The lowest BCUT2D eigenvalue weighted by atomic mass is 10.2. The molecule has 0 spiro atoms. The van der Waals surface area contributed by atoms with Crippen molar-refractivity contribution >= 4 is 11.4 Å². The van der Waals surface area contributed by atoms with Gasteiger partial charge in [-0.1, -0.05) is 0 Å². The molecule has 4 heteroatoms. The van der Waals surface area contributed by atoms with E-state index in [4.69, 9.17) is 5.73 Å². The number of benzene rings is 1. The van der Waals surface area contributed by atoms with Crippen LogP contribution in [0.4, 0.5) is 11.4 Å². The molecule has 1 aromatic carbocycles. The topological polar surface area (TPSA) is 52.7 Å². The second-order valence-corrected chi connectivity index (χ2v) is 3.53. The first-order chi connectivity index (χ1) is 6.75. The van der Waals surface area contributed by atoms with Gasteiger partial charge in [0.15, 0.2) is 0 Å². The van der Waals surface area contributed by atoms with Crippen molar-refractivity contribution < 1.29 is 5.21 Å². The Balaban J connectivity index is 2.05. The summed E-state index contributed by atoms with van der Waals surface area (Å²) in [6, 6.07) is 7.84. The second kappa shape index (κ2) is 3.86. The van der Waals surface area contributed by atoms with Gasteiger partial charge in [-0.25, -0.2) is 0 Å². The summed E-state index contributed by atoms with van der Waals surface area (Å²) in [5, 5.41) is 10.6. The molecule has 0 atom stereocenters. The molecule has 1 aromatic rings. The zero-order valence-electron chi connectivity index (χ0n) is 8.06. The zero-order valence-corrected chi connectivity index (χ0v) is 8.06. The summed E-state index contributed by atoms with van der Waals surface area (Å²) in [5.41, 5.74) is 7.57. The van der Waals surface area contributed by atoms with Crippen LogP contribution in [0.15, 0.2) is 24.3 Å². The van der Waals surface area contributed by atoms with Crippen LogP contribution in [0.3, 0.4) is 0 Å². The predicted molar refractivity (Wildman–Crippen MR) is 56.4 cm³/mol. The number of hydrogen-bond donors (Lipinski definition) is 2. The highest BCUT2D eigenvalue weighted by Gasteiger charge is 2.14. The Hall–Kier alpha value is -1.26. The minimum Gasteiger partial charge on any atom is -0.399 e. The van der Waals surface area contributed by atoms with Crippen LogP contribution in [-0.2, 0) is 0 Å². The Kier molecular flexibility index (Phi) is 2.56. The highest BCUT2D eigenvalue weighted by molar-refractivity contribution is 5.53. The van der Waals surface area contributed by atoms with Gasteiger partial charge in [-0.05, 0) is 24.3 Å². The van der Waals surface area contributed by atoms with E-state index in [1.165, 1.54) is 10.8 Å². The molecule has 4 nitrogen and oxygen atoms in total.